The van der Waals surface area contributed by atoms with E-state index in [4.69, 9.17) is 11.6 Å². The number of benzene rings is 1. The molecule has 1 aromatic heterocycles. The van der Waals surface area contributed by atoms with Crippen LogP contribution in [0.15, 0.2) is 42.6 Å². The maximum atomic E-state index is 12.6. The van der Waals surface area contributed by atoms with Crippen molar-refractivity contribution in [2.75, 3.05) is 13.1 Å². The maximum absolute atomic E-state index is 12.6. The van der Waals surface area contributed by atoms with Crippen molar-refractivity contribution < 1.29 is 9.59 Å². The molecule has 6 heteroatoms. The number of pyridine rings is 1. The van der Waals surface area contributed by atoms with Gasteiger partial charge < -0.3 is 10.2 Å². The average Bonchev–Trinajstić information content (AvgIpc) is 2.66. The highest BCUT2D eigenvalue weighted by molar-refractivity contribution is 6.30. The van der Waals surface area contributed by atoms with E-state index < -0.39 is 0 Å². The maximum Gasteiger partial charge on any atom is 0.272 e. The van der Waals surface area contributed by atoms with Gasteiger partial charge in [-0.1, -0.05) is 37.6 Å². The Labute approximate surface area is 159 Å². The number of nitrogens with one attached hydrogen (secondary N) is 1. The van der Waals surface area contributed by atoms with E-state index in [1.165, 1.54) is 6.20 Å². The SMILES string of the molecule is CCCN(CCC)C(=O)c1cc(C(=O)NCc2ccc(Cl)cc2)ccn1. The second-order valence-corrected chi connectivity index (χ2v) is 6.47. The molecule has 1 heterocycles. The minimum Gasteiger partial charge on any atom is -0.348 e. The van der Waals surface area contributed by atoms with Crippen LogP contribution in [0, 0.1) is 0 Å². The number of carbonyl (C=O) groups excluding carboxylic acids is 2. The van der Waals surface area contributed by atoms with Gasteiger partial charge in [0.2, 0.25) is 0 Å². The van der Waals surface area contributed by atoms with E-state index in [2.05, 4.69) is 10.3 Å². The number of carbonyl (C=O) groups is 2. The Morgan fingerprint density at radius 3 is 2.35 bits per heavy atom. The molecular weight excluding hydrogens is 350 g/mol. The quantitative estimate of drug-likeness (QED) is 0.762. The summed E-state index contributed by atoms with van der Waals surface area (Å²) in [4.78, 5) is 30.9. The summed E-state index contributed by atoms with van der Waals surface area (Å²) in [6.07, 6.45) is 3.26. The monoisotopic (exact) mass is 373 g/mol. The van der Waals surface area contributed by atoms with Crippen LogP contribution in [0.3, 0.4) is 0 Å². The molecule has 2 amide bonds. The minimum absolute atomic E-state index is 0.138. The zero-order valence-corrected chi connectivity index (χ0v) is 15.9. The van der Waals surface area contributed by atoms with E-state index in [-0.39, 0.29) is 11.8 Å². The van der Waals surface area contributed by atoms with E-state index in [1.807, 2.05) is 26.0 Å². The van der Waals surface area contributed by atoms with E-state index in [9.17, 15) is 9.59 Å². The summed E-state index contributed by atoms with van der Waals surface area (Å²) >= 11 is 5.86. The zero-order valence-electron chi connectivity index (χ0n) is 15.2. The van der Waals surface area contributed by atoms with Gasteiger partial charge in [-0.15, -0.1) is 0 Å². The van der Waals surface area contributed by atoms with Gasteiger partial charge in [0.1, 0.15) is 5.69 Å². The Morgan fingerprint density at radius 1 is 1.08 bits per heavy atom. The van der Waals surface area contributed by atoms with Crippen LogP contribution in [-0.4, -0.2) is 34.8 Å². The van der Waals surface area contributed by atoms with Gasteiger partial charge in [0, 0.05) is 36.4 Å². The van der Waals surface area contributed by atoms with Gasteiger partial charge in [0.05, 0.1) is 0 Å². The van der Waals surface area contributed by atoms with Crippen molar-refractivity contribution in [1.82, 2.24) is 15.2 Å². The molecular formula is C20H24ClN3O2. The van der Waals surface area contributed by atoms with Crippen LogP contribution in [0.25, 0.3) is 0 Å². The fourth-order valence-corrected chi connectivity index (χ4v) is 2.72. The van der Waals surface area contributed by atoms with Crippen LogP contribution in [0.5, 0.6) is 0 Å². The number of hydrogen-bond donors (Lipinski definition) is 1. The summed E-state index contributed by atoms with van der Waals surface area (Å²) in [6, 6.07) is 10.4. The minimum atomic E-state index is -0.242. The predicted octanol–water partition coefficient (Wildman–Crippen LogP) is 3.93. The molecule has 0 bridgehead atoms. The number of amides is 2. The molecule has 0 saturated heterocycles. The lowest BCUT2D eigenvalue weighted by Gasteiger charge is -2.21. The zero-order chi connectivity index (χ0) is 18.9. The molecule has 2 aromatic rings. The highest BCUT2D eigenvalue weighted by Gasteiger charge is 2.17. The van der Waals surface area contributed by atoms with E-state index in [1.54, 1.807) is 29.2 Å². The van der Waals surface area contributed by atoms with Crippen molar-refractivity contribution in [3.63, 3.8) is 0 Å². The molecule has 2 rings (SSSR count). The lowest BCUT2D eigenvalue weighted by Crippen LogP contribution is -2.33. The number of nitrogens with zero attached hydrogens (tertiary/aromatic N) is 2. The third-order valence-electron chi connectivity index (χ3n) is 3.88. The molecule has 0 radical (unpaired) electrons. The Balaban J connectivity index is 2.05. The van der Waals surface area contributed by atoms with Crippen molar-refractivity contribution in [3.05, 3.63) is 64.4 Å². The molecule has 0 atom stereocenters. The van der Waals surface area contributed by atoms with Gasteiger partial charge in [-0.25, -0.2) is 0 Å². The van der Waals surface area contributed by atoms with Crippen molar-refractivity contribution in [1.29, 1.82) is 0 Å². The van der Waals surface area contributed by atoms with Crippen LogP contribution in [0.1, 0.15) is 53.1 Å². The molecule has 1 N–H and O–H groups in total. The standard InChI is InChI=1S/C20H24ClN3O2/c1-3-11-24(12-4-2)20(26)18-13-16(9-10-22-18)19(25)23-14-15-5-7-17(21)8-6-15/h5-10,13H,3-4,11-12,14H2,1-2H3,(H,23,25). The van der Waals surface area contributed by atoms with Crippen LogP contribution < -0.4 is 5.32 Å². The summed E-state index contributed by atoms with van der Waals surface area (Å²) in [7, 11) is 0. The summed E-state index contributed by atoms with van der Waals surface area (Å²) < 4.78 is 0. The van der Waals surface area contributed by atoms with Crippen LogP contribution in [-0.2, 0) is 6.54 Å². The first-order chi connectivity index (χ1) is 12.5. The first-order valence-electron chi connectivity index (χ1n) is 8.83. The lowest BCUT2D eigenvalue weighted by atomic mass is 10.1. The Hall–Kier alpha value is -2.40. The van der Waals surface area contributed by atoms with Crippen molar-refractivity contribution >= 4 is 23.4 Å². The van der Waals surface area contributed by atoms with E-state index in [0.29, 0.717) is 35.9 Å². The summed E-state index contributed by atoms with van der Waals surface area (Å²) in [6.45, 7) is 5.82. The Kier molecular flexibility index (Phi) is 7.60. The van der Waals surface area contributed by atoms with Gasteiger partial charge in [-0.3, -0.25) is 14.6 Å². The second kappa shape index (κ2) is 9.92. The molecule has 0 aliphatic rings. The first-order valence-corrected chi connectivity index (χ1v) is 9.21. The predicted molar refractivity (Wildman–Crippen MR) is 103 cm³/mol. The molecule has 0 spiro atoms. The van der Waals surface area contributed by atoms with Crippen molar-refractivity contribution in [3.8, 4) is 0 Å². The van der Waals surface area contributed by atoms with Gasteiger partial charge in [-0.2, -0.15) is 0 Å². The molecule has 0 aliphatic heterocycles. The molecule has 0 unspecified atom stereocenters. The molecule has 26 heavy (non-hydrogen) atoms. The summed E-state index contributed by atoms with van der Waals surface area (Å²) in [5.41, 5.74) is 1.67. The molecule has 0 saturated carbocycles. The highest BCUT2D eigenvalue weighted by Crippen LogP contribution is 2.10. The fourth-order valence-electron chi connectivity index (χ4n) is 2.59. The van der Waals surface area contributed by atoms with E-state index >= 15 is 0 Å². The van der Waals surface area contributed by atoms with Gasteiger partial charge in [-0.05, 0) is 42.7 Å². The van der Waals surface area contributed by atoms with Crippen molar-refractivity contribution in [2.24, 2.45) is 0 Å². The van der Waals surface area contributed by atoms with Crippen LogP contribution >= 0.6 is 11.6 Å². The molecule has 1 aromatic carbocycles. The van der Waals surface area contributed by atoms with Gasteiger partial charge in [0.15, 0.2) is 0 Å². The van der Waals surface area contributed by atoms with Gasteiger partial charge in [0.25, 0.3) is 11.8 Å². The molecule has 0 fully saturated rings. The third-order valence-corrected chi connectivity index (χ3v) is 4.13. The number of halogens is 1. The highest BCUT2D eigenvalue weighted by atomic mass is 35.5. The fraction of sp³-hybridized carbons (Fsp3) is 0.350. The number of rotatable bonds is 8. The molecule has 0 aliphatic carbocycles. The van der Waals surface area contributed by atoms with E-state index in [0.717, 1.165) is 18.4 Å². The number of hydrogen-bond acceptors (Lipinski definition) is 3. The second-order valence-electron chi connectivity index (χ2n) is 6.03. The van der Waals surface area contributed by atoms with Crippen LogP contribution in [0.2, 0.25) is 5.02 Å². The lowest BCUT2D eigenvalue weighted by molar-refractivity contribution is 0.0749. The largest absolute Gasteiger partial charge is 0.348 e. The summed E-state index contributed by atoms with van der Waals surface area (Å²) in [5, 5.41) is 3.50. The Bertz CT molecular complexity index is 741. The van der Waals surface area contributed by atoms with Crippen LogP contribution in [0.4, 0.5) is 0 Å². The topological polar surface area (TPSA) is 62.3 Å². The first kappa shape index (κ1) is 19.9. The third kappa shape index (κ3) is 5.56. The normalized spacial score (nSPS) is 10.4. The number of aromatic nitrogens is 1. The van der Waals surface area contributed by atoms with Crippen molar-refractivity contribution in [2.45, 2.75) is 33.2 Å². The summed E-state index contributed by atoms with van der Waals surface area (Å²) in [5.74, 6) is -0.380. The molecule has 5 nitrogen and oxygen atoms in total. The Morgan fingerprint density at radius 2 is 1.73 bits per heavy atom. The average molecular weight is 374 g/mol. The molecule has 138 valence electrons. The van der Waals surface area contributed by atoms with Gasteiger partial charge >= 0.3 is 0 Å². The smallest absolute Gasteiger partial charge is 0.272 e.